The molecule has 2 amide bonds. The topological polar surface area (TPSA) is 91.3 Å². The average Bonchev–Trinajstić information content (AvgIpc) is 2.68. The number of carboxylic acids is 1. The van der Waals surface area contributed by atoms with Crippen molar-refractivity contribution in [1.29, 1.82) is 0 Å². The Morgan fingerprint density at radius 2 is 1.65 bits per heavy atom. The summed E-state index contributed by atoms with van der Waals surface area (Å²) in [6, 6.07) is 2.61. The summed E-state index contributed by atoms with van der Waals surface area (Å²) in [6.07, 6.45) is -8.57. The molecule has 0 spiro atoms. The Balaban J connectivity index is 2.35. The van der Waals surface area contributed by atoms with Crippen LogP contribution < -0.4 is 10.6 Å². The van der Waals surface area contributed by atoms with Gasteiger partial charge in [-0.3, -0.25) is 9.78 Å². The Hall–Kier alpha value is -3.31. The normalized spacial score (nSPS) is 12.8. The number of aromatic nitrogens is 1. The predicted molar refractivity (Wildman–Crippen MR) is 95.9 cm³/mol. The number of carbonyl (C=O) groups is 2. The zero-order chi connectivity index (χ0) is 23.2. The van der Waals surface area contributed by atoms with Crippen molar-refractivity contribution < 1.29 is 41.0 Å². The van der Waals surface area contributed by atoms with E-state index >= 15 is 0 Å². The van der Waals surface area contributed by atoms with Gasteiger partial charge in [0.2, 0.25) is 0 Å². The van der Waals surface area contributed by atoms with Crippen LogP contribution >= 0.6 is 0 Å². The molecule has 6 nitrogen and oxygen atoms in total. The number of hydrogen-bond acceptors (Lipinski definition) is 3. The maximum atomic E-state index is 13.4. The van der Waals surface area contributed by atoms with Gasteiger partial charge in [-0.05, 0) is 36.2 Å². The summed E-state index contributed by atoms with van der Waals surface area (Å²) in [6.45, 7) is -0.0772. The largest absolute Gasteiger partial charge is 0.481 e. The molecule has 12 heteroatoms. The maximum absolute atomic E-state index is 13.4. The van der Waals surface area contributed by atoms with Crippen LogP contribution in [0.25, 0.3) is 0 Å². The number of alkyl halides is 6. The van der Waals surface area contributed by atoms with Gasteiger partial charge in [0.05, 0.1) is 22.9 Å². The maximum Gasteiger partial charge on any atom is 0.418 e. The highest BCUT2D eigenvalue weighted by Gasteiger charge is 2.37. The van der Waals surface area contributed by atoms with Crippen LogP contribution in [0.15, 0.2) is 42.6 Å². The highest BCUT2D eigenvalue weighted by atomic mass is 19.4. The monoisotopic (exact) mass is 449 g/mol. The van der Waals surface area contributed by atoms with E-state index in [1.165, 1.54) is 0 Å². The highest BCUT2D eigenvalue weighted by Crippen LogP contribution is 2.36. The molecule has 2 rings (SSSR count). The minimum atomic E-state index is -4.83. The molecule has 1 unspecified atom stereocenters. The summed E-state index contributed by atoms with van der Waals surface area (Å²) in [7, 11) is 0. The highest BCUT2D eigenvalue weighted by molar-refractivity contribution is 5.75. The van der Waals surface area contributed by atoms with Gasteiger partial charge < -0.3 is 15.7 Å². The van der Waals surface area contributed by atoms with Crippen molar-refractivity contribution in [2.75, 3.05) is 6.54 Å². The molecule has 1 aromatic carbocycles. The van der Waals surface area contributed by atoms with Crippen molar-refractivity contribution in [2.45, 2.75) is 31.2 Å². The molecule has 0 radical (unpaired) electrons. The molecule has 0 bridgehead atoms. The quantitative estimate of drug-likeness (QED) is 0.433. The summed E-state index contributed by atoms with van der Waals surface area (Å²) >= 11 is 0. The second-order valence-corrected chi connectivity index (χ2v) is 6.38. The van der Waals surface area contributed by atoms with Gasteiger partial charge >= 0.3 is 24.4 Å². The Kier molecular flexibility index (Phi) is 7.47. The second kappa shape index (κ2) is 9.67. The van der Waals surface area contributed by atoms with Crippen LogP contribution in [-0.4, -0.2) is 28.6 Å². The lowest BCUT2D eigenvalue weighted by molar-refractivity contribution is -0.139. The molecule has 0 saturated carbocycles. The molecule has 1 atom stereocenters. The minimum absolute atomic E-state index is 0.0575. The van der Waals surface area contributed by atoms with Gasteiger partial charge in [0.15, 0.2) is 0 Å². The number of halogens is 6. The number of hydrogen-bond donors (Lipinski definition) is 3. The van der Waals surface area contributed by atoms with E-state index in [1.807, 2.05) is 0 Å². The van der Waals surface area contributed by atoms with Gasteiger partial charge in [-0.25, -0.2) is 4.79 Å². The van der Waals surface area contributed by atoms with Crippen LogP contribution in [0.4, 0.5) is 31.1 Å². The second-order valence-electron chi connectivity index (χ2n) is 6.38. The van der Waals surface area contributed by atoms with Crippen LogP contribution in [0, 0.1) is 0 Å². The van der Waals surface area contributed by atoms with Gasteiger partial charge in [0, 0.05) is 19.2 Å². The molecule has 168 valence electrons. The molecular formula is C19H17F6N3O3. The van der Waals surface area contributed by atoms with E-state index in [0.29, 0.717) is 12.1 Å². The van der Waals surface area contributed by atoms with Crippen LogP contribution in [-0.2, 0) is 17.1 Å². The van der Waals surface area contributed by atoms with Crippen molar-refractivity contribution in [2.24, 2.45) is 0 Å². The van der Waals surface area contributed by atoms with Crippen LogP contribution in [0.5, 0.6) is 0 Å². The van der Waals surface area contributed by atoms with E-state index in [-0.39, 0.29) is 24.9 Å². The fourth-order valence-electron chi connectivity index (χ4n) is 2.69. The Labute approximate surface area is 172 Å². The zero-order valence-corrected chi connectivity index (χ0v) is 15.7. The first-order chi connectivity index (χ1) is 14.4. The number of nitrogens with zero attached hydrogens (tertiary/aromatic N) is 1. The number of benzene rings is 1. The molecule has 0 aliphatic carbocycles. The van der Waals surface area contributed by atoms with Crippen LogP contribution in [0.2, 0.25) is 0 Å². The molecule has 2 aromatic rings. The van der Waals surface area contributed by atoms with Crippen molar-refractivity contribution in [3.05, 3.63) is 65.0 Å². The molecule has 0 aliphatic heterocycles. The zero-order valence-electron chi connectivity index (χ0n) is 15.7. The number of pyridine rings is 1. The summed E-state index contributed by atoms with van der Waals surface area (Å²) in [4.78, 5) is 26.4. The van der Waals surface area contributed by atoms with Gasteiger partial charge in [0.25, 0.3) is 0 Å². The first kappa shape index (κ1) is 24.0. The minimum Gasteiger partial charge on any atom is -0.481 e. The lowest BCUT2D eigenvalue weighted by Gasteiger charge is -2.23. The summed E-state index contributed by atoms with van der Waals surface area (Å²) in [5.74, 6) is -1.09. The van der Waals surface area contributed by atoms with Crippen molar-refractivity contribution in [3.8, 4) is 0 Å². The average molecular weight is 449 g/mol. The fourth-order valence-corrected chi connectivity index (χ4v) is 2.69. The van der Waals surface area contributed by atoms with Crippen LogP contribution in [0.3, 0.4) is 0 Å². The predicted octanol–water partition coefficient (Wildman–Crippen LogP) is 4.37. The number of carboxylic acid groups (broad SMARTS) is 1. The van der Waals surface area contributed by atoms with Crippen molar-refractivity contribution in [3.63, 3.8) is 0 Å². The van der Waals surface area contributed by atoms with E-state index in [1.54, 1.807) is 0 Å². The fraction of sp³-hybridized carbons (Fsp3) is 0.316. The summed E-state index contributed by atoms with van der Waals surface area (Å²) in [5, 5.41) is 13.2. The molecule has 1 aromatic heterocycles. The third-order valence-corrected chi connectivity index (χ3v) is 4.12. The lowest BCUT2D eigenvalue weighted by atomic mass is 9.98. The smallest absolute Gasteiger partial charge is 0.418 e. The van der Waals surface area contributed by atoms with E-state index in [2.05, 4.69) is 15.6 Å². The van der Waals surface area contributed by atoms with E-state index in [0.717, 1.165) is 30.5 Å². The van der Waals surface area contributed by atoms with Crippen molar-refractivity contribution in [1.82, 2.24) is 15.6 Å². The summed E-state index contributed by atoms with van der Waals surface area (Å²) < 4.78 is 78.8. The van der Waals surface area contributed by atoms with E-state index < -0.39 is 47.2 Å². The lowest BCUT2D eigenvalue weighted by Crippen LogP contribution is -2.39. The standard InChI is InChI=1S/C19H17F6N3O3/c20-18(21,22)12-7-5-11(6-8-12)15(28-17(31)27-10-2-4-14(29)30)16-13(19(23,24)25)3-1-9-26-16/h1,3,5-9,15H,2,4,10H2,(H,29,30)(H2,27,28,31). The first-order valence-electron chi connectivity index (χ1n) is 8.85. The van der Waals surface area contributed by atoms with Gasteiger partial charge in [-0.1, -0.05) is 12.1 Å². The molecule has 31 heavy (non-hydrogen) atoms. The Morgan fingerprint density at radius 1 is 1.00 bits per heavy atom. The number of rotatable bonds is 7. The number of amides is 2. The molecule has 0 aliphatic rings. The number of aliphatic carboxylic acids is 1. The molecule has 3 N–H and O–H groups in total. The van der Waals surface area contributed by atoms with Gasteiger partial charge in [0.1, 0.15) is 0 Å². The molecule has 1 heterocycles. The van der Waals surface area contributed by atoms with Crippen LogP contribution in [0.1, 0.15) is 41.3 Å². The first-order valence-corrected chi connectivity index (χ1v) is 8.85. The molecular weight excluding hydrogens is 432 g/mol. The number of urea groups is 1. The van der Waals surface area contributed by atoms with Gasteiger partial charge in [-0.2, -0.15) is 26.3 Å². The van der Waals surface area contributed by atoms with Gasteiger partial charge in [-0.15, -0.1) is 0 Å². The summed E-state index contributed by atoms with van der Waals surface area (Å²) in [5.41, 5.74) is -2.83. The van der Waals surface area contributed by atoms with E-state index in [9.17, 15) is 35.9 Å². The molecule has 0 fully saturated rings. The van der Waals surface area contributed by atoms with E-state index in [4.69, 9.17) is 5.11 Å². The number of carbonyl (C=O) groups excluding carboxylic acids is 1. The Bertz CT molecular complexity index is 913. The third-order valence-electron chi connectivity index (χ3n) is 4.12. The Morgan fingerprint density at radius 3 is 2.19 bits per heavy atom. The number of nitrogens with one attached hydrogen (secondary N) is 2. The van der Waals surface area contributed by atoms with Crippen molar-refractivity contribution >= 4 is 12.0 Å². The third kappa shape index (κ3) is 6.86. The molecule has 0 saturated heterocycles. The SMILES string of the molecule is O=C(O)CCCNC(=O)NC(c1ccc(C(F)(F)F)cc1)c1ncccc1C(F)(F)F.